The third-order valence-corrected chi connectivity index (χ3v) is 4.27. The Balaban J connectivity index is 2.31. The minimum Gasteiger partial charge on any atom is -0.484 e. The molecule has 2 N–H and O–H groups in total. The topological polar surface area (TPSA) is 91.2 Å². The standard InChI is InChI=1S/C19H22F3N3O4/c1-4-16(26)24-18-23-15(17(27)28)8-11(2)25(18)12(3)13-6-5-7-14(9-13)29-10-19(20,21)22/h5-9,12,18H,4,10H2,1-3H3,(H,24,26)(H,27,28). The van der Waals surface area contributed by atoms with Gasteiger partial charge in [-0.15, -0.1) is 0 Å². The summed E-state index contributed by atoms with van der Waals surface area (Å²) in [6, 6.07) is 5.71. The number of halogens is 3. The first kappa shape index (κ1) is 22.3. The van der Waals surface area contributed by atoms with Crippen molar-refractivity contribution < 1.29 is 32.6 Å². The number of carbonyl (C=O) groups excluding carboxylic acids is 1. The molecule has 158 valence electrons. The van der Waals surface area contributed by atoms with Crippen molar-refractivity contribution in [1.29, 1.82) is 0 Å². The Kier molecular flexibility index (Phi) is 6.89. The number of hydrogen-bond donors (Lipinski definition) is 2. The van der Waals surface area contributed by atoms with Crippen LogP contribution in [0.2, 0.25) is 0 Å². The van der Waals surface area contributed by atoms with Crippen LogP contribution in [0.1, 0.15) is 38.8 Å². The molecule has 1 aromatic rings. The summed E-state index contributed by atoms with van der Waals surface area (Å²) in [7, 11) is 0. The van der Waals surface area contributed by atoms with E-state index < -0.39 is 31.1 Å². The minimum atomic E-state index is -4.45. The first-order chi connectivity index (χ1) is 13.5. The van der Waals surface area contributed by atoms with Crippen molar-refractivity contribution in [3.63, 3.8) is 0 Å². The van der Waals surface area contributed by atoms with Crippen LogP contribution in [0, 0.1) is 0 Å². The largest absolute Gasteiger partial charge is 0.484 e. The molecular weight excluding hydrogens is 391 g/mol. The molecule has 2 rings (SSSR count). The van der Waals surface area contributed by atoms with Crippen LogP contribution in [0.15, 0.2) is 41.0 Å². The fraction of sp³-hybridized carbons (Fsp3) is 0.421. The summed E-state index contributed by atoms with van der Waals surface area (Å²) >= 11 is 0. The van der Waals surface area contributed by atoms with Gasteiger partial charge in [0.25, 0.3) is 0 Å². The predicted molar refractivity (Wildman–Crippen MR) is 99.3 cm³/mol. The van der Waals surface area contributed by atoms with Crippen molar-refractivity contribution in [3.05, 3.63) is 41.6 Å². The Morgan fingerprint density at radius 2 is 2.07 bits per heavy atom. The number of alkyl halides is 3. The van der Waals surface area contributed by atoms with Crippen molar-refractivity contribution in [2.24, 2.45) is 4.99 Å². The molecular formula is C19H22F3N3O4. The molecule has 1 aliphatic heterocycles. The second-order valence-corrected chi connectivity index (χ2v) is 6.46. The van der Waals surface area contributed by atoms with Crippen LogP contribution in [0.5, 0.6) is 5.75 Å². The second kappa shape index (κ2) is 8.97. The number of ether oxygens (including phenoxy) is 1. The highest BCUT2D eigenvalue weighted by molar-refractivity contribution is 6.40. The van der Waals surface area contributed by atoms with Gasteiger partial charge in [-0.05, 0) is 37.6 Å². The third kappa shape index (κ3) is 5.97. The summed E-state index contributed by atoms with van der Waals surface area (Å²) in [6.07, 6.45) is -3.86. The third-order valence-electron chi connectivity index (χ3n) is 4.27. The van der Waals surface area contributed by atoms with Gasteiger partial charge in [0.15, 0.2) is 12.9 Å². The molecule has 0 fully saturated rings. The quantitative estimate of drug-likeness (QED) is 0.716. The predicted octanol–water partition coefficient (Wildman–Crippen LogP) is 3.24. The summed E-state index contributed by atoms with van der Waals surface area (Å²) < 4.78 is 42.0. The van der Waals surface area contributed by atoms with Gasteiger partial charge >= 0.3 is 12.1 Å². The fourth-order valence-electron chi connectivity index (χ4n) is 2.87. The molecule has 0 saturated carbocycles. The van der Waals surface area contributed by atoms with Crippen molar-refractivity contribution in [2.75, 3.05) is 6.61 Å². The molecule has 1 amide bonds. The molecule has 7 nitrogen and oxygen atoms in total. The van der Waals surface area contributed by atoms with E-state index in [1.165, 1.54) is 18.2 Å². The first-order valence-corrected chi connectivity index (χ1v) is 8.88. The molecule has 0 spiro atoms. The monoisotopic (exact) mass is 413 g/mol. The number of allylic oxidation sites excluding steroid dienone is 1. The maximum Gasteiger partial charge on any atom is 0.422 e. The Morgan fingerprint density at radius 1 is 1.38 bits per heavy atom. The molecule has 0 aromatic heterocycles. The molecule has 1 aromatic carbocycles. The average Bonchev–Trinajstić information content (AvgIpc) is 2.65. The van der Waals surface area contributed by atoms with E-state index in [0.29, 0.717) is 11.3 Å². The Hall–Kier alpha value is -3.04. The number of nitrogens with one attached hydrogen (secondary N) is 1. The highest BCUT2D eigenvalue weighted by atomic mass is 19.4. The van der Waals surface area contributed by atoms with E-state index >= 15 is 0 Å². The zero-order valence-electron chi connectivity index (χ0n) is 16.2. The number of carboxylic acid groups (broad SMARTS) is 1. The summed E-state index contributed by atoms with van der Waals surface area (Å²) in [5.74, 6) is -1.50. The van der Waals surface area contributed by atoms with Crippen LogP contribution < -0.4 is 10.1 Å². The van der Waals surface area contributed by atoms with Gasteiger partial charge in [0.1, 0.15) is 11.5 Å². The van der Waals surface area contributed by atoms with Gasteiger partial charge in [-0.1, -0.05) is 19.1 Å². The highest BCUT2D eigenvalue weighted by Gasteiger charge is 2.31. The Labute approximate surface area is 165 Å². The summed E-state index contributed by atoms with van der Waals surface area (Å²) in [5.41, 5.74) is 0.949. The van der Waals surface area contributed by atoms with Crippen LogP contribution in [-0.4, -0.2) is 46.7 Å². The molecule has 0 saturated heterocycles. The number of benzene rings is 1. The number of rotatable bonds is 7. The van der Waals surface area contributed by atoms with E-state index in [2.05, 4.69) is 10.3 Å². The highest BCUT2D eigenvalue weighted by Crippen LogP contribution is 2.31. The normalized spacial score (nSPS) is 17.9. The number of carbonyl (C=O) groups is 2. The van der Waals surface area contributed by atoms with E-state index in [9.17, 15) is 27.9 Å². The van der Waals surface area contributed by atoms with Crippen LogP contribution in [0.25, 0.3) is 0 Å². The zero-order valence-corrected chi connectivity index (χ0v) is 16.2. The molecule has 29 heavy (non-hydrogen) atoms. The molecule has 0 bridgehead atoms. The van der Waals surface area contributed by atoms with Gasteiger partial charge in [-0.2, -0.15) is 13.2 Å². The number of amides is 1. The van der Waals surface area contributed by atoms with E-state index in [1.54, 1.807) is 37.8 Å². The number of nitrogens with zero attached hydrogens (tertiary/aromatic N) is 2. The van der Waals surface area contributed by atoms with Gasteiger partial charge in [0.2, 0.25) is 5.91 Å². The molecule has 0 radical (unpaired) electrons. The second-order valence-electron chi connectivity index (χ2n) is 6.46. The van der Waals surface area contributed by atoms with Gasteiger partial charge in [0, 0.05) is 12.1 Å². The summed E-state index contributed by atoms with van der Waals surface area (Å²) in [4.78, 5) is 29.0. The smallest absolute Gasteiger partial charge is 0.422 e. The summed E-state index contributed by atoms with van der Waals surface area (Å²) in [5, 5.41) is 11.9. The lowest BCUT2D eigenvalue weighted by Crippen LogP contribution is -2.49. The minimum absolute atomic E-state index is 0.0502. The Morgan fingerprint density at radius 3 is 2.66 bits per heavy atom. The lowest BCUT2D eigenvalue weighted by atomic mass is 10.0. The lowest BCUT2D eigenvalue weighted by Gasteiger charge is -2.39. The van der Waals surface area contributed by atoms with Gasteiger partial charge < -0.3 is 20.1 Å². The number of carboxylic acids is 1. The van der Waals surface area contributed by atoms with Crippen LogP contribution in [0.4, 0.5) is 13.2 Å². The van der Waals surface area contributed by atoms with Crippen molar-refractivity contribution in [3.8, 4) is 5.75 Å². The van der Waals surface area contributed by atoms with E-state index in [4.69, 9.17) is 4.74 Å². The maximum absolute atomic E-state index is 12.4. The van der Waals surface area contributed by atoms with Gasteiger partial charge in [-0.3, -0.25) is 4.79 Å². The summed E-state index contributed by atoms with van der Waals surface area (Å²) in [6.45, 7) is 3.68. The van der Waals surface area contributed by atoms with Crippen LogP contribution in [0.3, 0.4) is 0 Å². The average molecular weight is 413 g/mol. The van der Waals surface area contributed by atoms with E-state index in [0.717, 1.165) is 0 Å². The number of aliphatic carboxylic acids is 1. The molecule has 2 atom stereocenters. The number of hydrogen-bond acceptors (Lipinski definition) is 5. The van der Waals surface area contributed by atoms with Crippen LogP contribution in [-0.2, 0) is 9.59 Å². The number of aliphatic imine (C=N–C) groups is 1. The molecule has 2 unspecified atom stereocenters. The van der Waals surface area contributed by atoms with Crippen molar-refractivity contribution in [1.82, 2.24) is 10.2 Å². The molecule has 1 aliphatic rings. The maximum atomic E-state index is 12.4. The van der Waals surface area contributed by atoms with Gasteiger partial charge in [0.05, 0.1) is 6.04 Å². The molecule has 1 heterocycles. The lowest BCUT2D eigenvalue weighted by molar-refractivity contribution is -0.153. The van der Waals surface area contributed by atoms with E-state index in [-0.39, 0.29) is 23.8 Å². The molecule has 10 heteroatoms. The zero-order chi connectivity index (χ0) is 21.8. The first-order valence-electron chi connectivity index (χ1n) is 8.88. The SMILES string of the molecule is CCC(=O)NC1N=C(C(=O)O)C=C(C)N1C(C)c1cccc(OCC(F)(F)F)c1. The van der Waals surface area contributed by atoms with Crippen molar-refractivity contribution in [2.45, 2.75) is 45.7 Å². The van der Waals surface area contributed by atoms with E-state index in [1.807, 2.05) is 0 Å². The Bertz CT molecular complexity index is 836. The van der Waals surface area contributed by atoms with Crippen LogP contribution >= 0.6 is 0 Å². The fourth-order valence-corrected chi connectivity index (χ4v) is 2.87. The van der Waals surface area contributed by atoms with Crippen molar-refractivity contribution >= 4 is 17.6 Å². The van der Waals surface area contributed by atoms with Gasteiger partial charge in [-0.25, -0.2) is 9.79 Å². The molecule has 0 aliphatic carbocycles.